The Morgan fingerprint density at radius 1 is 0.738 bits per heavy atom. The van der Waals surface area contributed by atoms with Gasteiger partial charge in [0, 0.05) is 5.92 Å². The summed E-state index contributed by atoms with van der Waals surface area (Å²) in [6, 6.07) is 13.5. The molecule has 11 nitrogen and oxygen atoms in total. The summed E-state index contributed by atoms with van der Waals surface area (Å²) in [4.78, 5) is 0. The van der Waals surface area contributed by atoms with Crippen molar-refractivity contribution in [1.82, 2.24) is 0 Å². The molecular weight excluding hydrogens is 605 g/mol. The summed E-state index contributed by atoms with van der Waals surface area (Å²) in [7, 11) is -9.98. The average molecular weight is 645 g/mol. The molecular formula is C28H40O11S2Si. The Morgan fingerprint density at radius 2 is 1.26 bits per heavy atom. The maximum absolute atomic E-state index is 12.3. The van der Waals surface area contributed by atoms with Gasteiger partial charge in [-0.3, -0.25) is 8.37 Å². The van der Waals surface area contributed by atoms with Crippen LogP contribution in [-0.2, 0) is 39.4 Å². The molecule has 0 N–H and O–H groups in total. The summed E-state index contributed by atoms with van der Waals surface area (Å²) >= 11 is 0. The molecule has 0 aliphatic carbocycles. The summed E-state index contributed by atoms with van der Waals surface area (Å²) in [5, 5.41) is 0. The number of ether oxygens (including phenoxy) is 4. The lowest BCUT2D eigenvalue weighted by Crippen LogP contribution is -2.42. The summed E-state index contributed by atoms with van der Waals surface area (Å²) in [6.07, 6.45) is 1.65. The maximum atomic E-state index is 12.3. The second-order valence-electron chi connectivity index (χ2n) is 10.7. The first-order chi connectivity index (χ1) is 19.8. The van der Waals surface area contributed by atoms with Crippen molar-refractivity contribution >= 4 is 28.6 Å². The molecule has 2 aliphatic rings. The lowest BCUT2D eigenvalue weighted by Gasteiger charge is -2.40. The monoisotopic (exact) mass is 644 g/mol. The van der Waals surface area contributed by atoms with E-state index in [0.29, 0.717) is 29.4 Å². The van der Waals surface area contributed by atoms with E-state index in [9.17, 15) is 16.8 Å². The van der Waals surface area contributed by atoms with Gasteiger partial charge >= 0.3 is 0 Å². The Hall–Kier alpha value is -2.36. The standard InChI is InChI=1S/C28H40O11S2Si/c1-6-42(7-2,8-3)39-28(21-10-12-25-27(15-21)36-19-34-25)23(17-38-41(5,31)32)22(16-37-40(4,29)30)13-20-9-11-24-26(14-20)35-18-33-24/h9-12,14-15,22-23,28H,6-8,13,16-19H2,1-5H3/t22-,23-,28+/m0/s1. The van der Waals surface area contributed by atoms with E-state index in [1.54, 1.807) is 12.1 Å². The predicted octanol–water partition coefficient (Wildman–Crippen LogP) is 4.63. The average Bonchev–Trinajstić information content (AvgIpc) is 3.61. The molecule has 2 heterocycles. The minimum absolute atomic E-state index is 0.0947. The van der Waals surface area contributed by atoms with Gasteiger partial charge in [0.25, 0.3) is 20.2 Å². The van der Waals surface area contributed by atoms with Crippen molar-refractivity contribution in [3.8, 4) is 23.0 Å². The van der Waals surface area contributed by atoms with Crippen LogP contribution in [0, 0.1) is 11.8 Å². The van der Waals surface area contributed by atoms with Crippen LogP contribution in [0.15, 0.2) is 36.4 Å². The molecule has 0 radical (unpaired) electrons. The third-order valence-electron chi connectivity index (χ3n) is 7.94. The van der Waals surface area contributed by atoms with Gasteiger partial charge in [-0.15, -0.1) is 0 Å². The highest BCUT2D eigenvalue weighted by Gasteiger charge is 2.40. The molecule has 14 heteroatoms. The highest BCUT2D eigenvalue weighted by atomic mass is 32.2. The van der Waals surface area contributed by atoms with Crippen molar-refractivity contribution in [2.45, 2.75) is 51.4 Å². The van der Waals surface area contributed by atoms with Gasteiger partial charge in [0.15, 0.2) is 31.3 Å². The first kappa shape index (κ1) is 32.5. The summed E-state index contributed by atoms with van der Waals surface area (Å²) in [5.74, 6) is 1.17. The highest BCUT2D eigenvalue weighted by molar-refractivity contribution is 7.86. The molecule has 2 aliphatic heterocycles. The third kappa shape index (κ3) is 8.38. The van der Waals surface area contributed by atoms with Crippen LogP contribution in [0.1, 0.15) is 38.0 Å². The van der Waals surface area contributed by atoms with Crippen LogP contribution in [0.2, 0.25) is 18.1 Å². The second-order valence-corrected chi connectivity index (χ2v) is 18.7. The fraction of sp³-hybridized carbons (Fsp3) is 0.571. The zero-order chi connectivity index (χ0) is 30.5. The molecule has 42 heavy (non-hydrogen) atoms. The number of rotatable bonds is 16. The molecule has 0 unspecified atom stereocenters. The fourth-order valence-electron chi connectivity index (χ4n) is 5.35. The van der Waals surface area contributed by atoms with E-state index in [-0.39, 0.29) is 26.8 Å². The minimum Gasteiger partial charge on any atom is -0.454 e. The van der Waals surface area contributed by atoms with E-state index < -0.39 is 46.5 Å². The van der Waals surface area contributed by atoms with Crippen LogP contribution in [-0.4, -0.2) is 64.5 Å². The van der Waals surface area contributed by atoms with Crippen molar-refractivity contribution in [3.05, 3.63) is 47.5 Å². The van der Waals surface area contributed by atoms with E-state index >= 15 is 0 Å². The Labute approximate surface area is 249 Å². The van der Waals surface area contributed by atoms with Crippen LogP contribution in [0.4, 0.5) is 0 Å². The van der Waals surface area contributed by atoms with Crippen LogP contribution < -0.4 is 18.9 Å². The number of hydrogen-bond acceptors (Lipinski definition) is 11. The Balaban J connectivity index is 1.82. The highest BCUT2D eigenvalue weighted by Crippen LogP contribution is 2.43. The number of hydrogen-bond donors (Lipinski definition) is 0. The van der Waals surface area contributed by atoms with Gasteiger partial charge in [0.2, 0.25) is 13.6 Å². The van der Waals surface area contributed by atoms with Crippen molar-refractivity contribution in [1.29, 1.82) is 0 Å². The molecule has 4 rings (SSSR count). The minimum atomic E-state index is -3.85. The van der Waals surface area contributed by atoms with Crippen molar-refractivity contribution < 1.29 is 48.6 Å². The van der Waals surface area contributed by atoms with E-state index in [0.717, 1.165) is 41.8 Å². The van der Waals surface area contributed by atoms with Gasteiger partial charge in [-0.1, -0.05) is 32.9 Å². The Morgan fingerprint density at radius 3 is 1.83 bits per heavy atom. The number of benzene rings is 2. The molecule has 0 bridgehead atoms. The molecule has 234 valence electrons. The van der Waals surface area contributed by atoms with Crippen LogP contribution >= 0.6 is 0 Å². The lowest BCUT2D eigenvalue weighted by molar-refractivity contribution is 0.0342. The summed E-state index contributed by atoms with van der Waals surface area (Å²) in [6.45, 7) is 6.06. The quantitative estimate of drug-likeness (QED) is 0.187. The fourth-order valence-corrected chi connectivity index (χ4v) is 9.03. The molecule has 0 fully saturated rings. The normalized spacial score (nSPS) is 16.8. The van der Waals surface area contributed by atoms with E-state index in [4.69, 9.17) is 31.7 Å². The Kier molecular flexibility index (Phi) is 10.5. The zero-order valence-electron chi connectivity index (χ0n) is 24.7. The SMILES string of the molecule is CC[Si](CC)(CC)O[C@H](c1ccc2c(c1)OCO2)[C@@H](COS(C)(=O)=O)[C@H](COS(C)(=O)=O)Cc1ccc2c(c1)OCO2. The van der Waals surface area contributed by atoms with E-state index in [2.05, 4.69) is 20.8 Å². The van der Waals surface area contributed by atoms with Gasteiger partial charge in [-0.2, -0.15) is 16.8 Å². The molecule has 0 spiro atoms. The third-order valence-corrected chi connectivity index (χ3v) is 13.7. The lowest BCUT2D eigenvalue weighted by atomic mass is 9.81. The zero-order valence-corrected chi connectivity index (χ0v) is 27.3. The first-order valence-electron chi connectivity index (χ1n) is 14.0. The molecule has 0 saturated heterocycles. The van der Waals surface area contributed by atoms with Crippen molar-refractivity contribution in [2.24, 2.45) is 11.8 Å². The Bertz CT molecular complexity index is 1430. The van der Waals surface area contributed by atoms with Crippen LogP contribution in [0.25, 0.3) is 0 Å². The predicted molar refractivity (Wildman–Crippen MR) is 158 cm³/mol. The summed E-state index contributed by atoms with van der Waals surface area (Å²) in [5.41, 5.74) is 1.59. The molecule has 3 atom stereocenters. The first-order valence-corrected chi connectivity index (χ1v) is 20.2. The van der Waals surface area contributed by atoms with Gasteiger partial charge in [-0.05, 0) is 65.9 Å². The molecule has 2 aromatic carbocycles. The largest absolute Gasteiger partial charge is 0.454 e. The van der Waals surface area contributed by atoms with Crippen molar-refractivity contribution in [2.75, 3.05) is 39.3 Å². The second kappa shape index (κ2) is 13.5. The van der Waals surface area contributed by atoms with Gasteiger partial charge in [-0.25, -0.2) is 0 Å². The summed E-state index contributed by atoms with van der Waals surface area (Å²) < 4.78 is 89.0. The smallest absolute Gasteiger partial charge is 0.264 e. The van der Waals surface area contributed by atoms with Gasteiger partial charge in [0.05, 0.1) is 31.8 Å². The van der Waals surface area contributed by atoms with E-state index in [1.165, 1.54) is 0 Å². The maximum Gasteiger partial charge on any atom is 0.264 e. The number of fused-ring (bicyclic) bond motifs is 2. The molecule has 0 amide bonds. The van der Waals surface area contributed by atoms with E-state index in [1.807, 2.05) is 24.3 Å². The van der Waals surface area contributed by atoms with Crippen molar-refractivity contribution in [3.63, 3.8) is 0 Å². The molecule has 0 aromatic heterocycles. The molecule has 0 saturated carbocycles. The van der Waals surface area contributed by atoms with Gasteiger partial charge in [0.1, 0.15) is 0 Å². The van der Waals surface area contributed by atoms with Gasteiger partial charge < -0.3 is 23.4 Å². The van der Waals surface area contributed by atoms with Crippen LogP contribution in [0.5, 0.6) is 23.0 Å². The topological polar surface area (TPSA) is 133 Å². The van der Waals surface area contributed by atoms with Crippen LogP contribution in [0.3, 0.4) is 0 Å². The molecule has 2 aromatic rings.